The summed E-state index contributed by atoms with van der Waals surface area (Å²) in [5, 5.41) is 8.94. The molecule has 0 radical (unpaired) electrons. The summed E-state index contributed by atoms with van der Waals surface area (Å²) in [7, 11) is 0. The molecule has 0 saturated carbocycles. The van der Waals surface area contributed by atoms with Crippen LogP contribution in [0.25, 0.3) is 0 Å². The molecule has 0 amide bonds. The molecule has 0 spiro atoms. The van der Waals surface area contributed by atoms with E-state index in [-0.39, 0.29) is 11.4 Å². The first-order chi connectivity index (χ1) is 8.16. The van der Waals surface area contributed by atoms with Crippen LogP contribution in [0.5, 0.6) is 11.6 Å². The van der Waals surface area contributed by atoms with E-state index in [1.165, 1.54) is 6.20 Å². The monoisotopic (exact) mass is 230 g/mol. The van der Waals surface area contributed by atoms with Crippen molar-refractivity contribution < 1.29 is 14.6 Å². The normalized spacial score (nSPS) is 9.94. The molecule has 86 valence electrons. The van der Waals surface area contributed by atoms with Crippen LogP contribution in [0, 0.1) is 6.92 Å². The fourth-order valence-corrected chi connectivity index (χ4v) is 1.31. The lowest BCUT2D eigenvalue weighted by Crippen LogP contribution is -2.03. The molecule has 2 aromatic heterocycles. The lowest BCUT2D eigenvalue weighted by atomic mass is 10.3. The van der Waals surface area contributed by atoms with Crippen molar-refractivity contribution >= 4 is 5.97 Å². The van der Waals surface area contributed by atoms with E-state index >= 15 is 0 Å². The largest absolute Gasteiger partial charge is 0.476 e. The smallest absolute Gasteiger partial charge is 0.358 e. The van der Waals surface area contributed by atoms with Crippen LogP contribution < -0.4 is 4.74 Å². The Morgan fingerprint density at radius 1 is 1.29 bits per heavy atom. The SMILES string of the molecule is Cc1ccnc(Oc2cccnc2C(=O)O)c1. The minimum atomic E-state index is -1.13. The van der Waals surface area contributed by atoms with E-state index < -0.39 is 5.97 Å². The third-order valence-electron chi connectivity index (χ3n) is 2.08. The van der Waals surface area contributed by atoms with Crippen molar-refractivity contribution in [2.45, 2.75) is 6.92 Å². The van der Waals surface area contributed by atoms with Crippen LogP contribution in [0.3, 0.4) is 0 Å². The minimum absolute atomic E-state index is 0.129. The third kappa shape index (κ3) is 2.57. The maximum absolute atomic E-state index is 10.9. The highest BCUT2D eigenvalue weighted by molar-refractivity contribution is 5.88. The molecular weight excluding hydrogens is 220 g/mol. The van der Waals surface area contributed by atoms with Crippen molar-refractivity contribution in [2.75, 3.05) is 0 Å². The third-order valence-corrected chi connectivity index (χ3v) is 2.08. The van der Waals surface area contributed by atoms with Gasteiger partial charge >= 0.3 is 5.97 Å². The summed E-state index contributed by atoms with van der Waals surface area (Å²) in [6.07, 6.45) is 3.00. The van der Waals surface area contributed by atoms with Gasteiger partial charge in [-0.15, -0.1) is 0 Å². The van der Waals surface area contributed by atoms with Crippen molar-refractivity contribution in [3.63, 3.8) is 0 Å². The average Bonchev–Trinajstić information content (AvgIpc) is 2.29. The van der Waals surface area contributed by atoms with E-state index in [2.05, 4.69) is 9.97 Å². The number of aromatic nitrogens is 2. The van der Waals surface area contributed by atoms with Gasteiger partial charge in [-0.1, -0.05) is 0 Å². The van der Waals surface area contributed by atoms with E-state index in [0.29, 0.717) is 5.88 Å². The van der Waals surface area contributed by atoms with Crippen molar-refractivity contribution in [1.82, 2.24) is 9.97 Å². The second-order valence-electron chi connectivity index (χ2n) is 3.43. The number of pyridine rings is 2. The number of nitrogens with zero attached hydrogens (tertiary/aromatic N) is 2. The second-order valence-corrected chi connectivity index (χ2v) is 3.43. The van der Waals surface area contributed by atoms with Crippen molar-refractivity contribution in [3.05, 3.63) is 47.9 Å². The van der Waals surface area contributed by atoms with E-state index in [0.717, 1.165) is 5.56 Å². The molecule has 0 aliphatic rings. The maximum atomic E-state index is 10.9. The van der Waals surface area contributed by atoms with Crippen molar-refractivity contribution in [2.24, 2.45) is 0 Å². The molecule has 0 fully saturated rings. The van der Waals surface area contributed by atoms with E-state index in [9.17, 15) is 4.79 Å². The fraction of sp³-hybridized carbons (Fsp3) is 0.0833. The summed E-state index contributed by atoms with van der Waals surface area (Å²) < 4.78 is 5.40. The Balaban J connectivity index is 2.33. The van der Waals surface area contributed by atoms with Gasteiger partial charge in [0.05, 0.1) is 0 Å². The summed E-state index contributed by atoms with van der Waals surface area (Å²) in [6.45, 7) is 1.90. The summed E-state index contributed by atoms with van der Waals surface area (Å²) in [5.41, 5.74) is 0.853. The first kappa shape index (κ1) is 11.1. The Hall–Kier alpha value is -2.43. The number of carbonyl (C=O) groups is 1. The van der Waals surface area contributed by atoms with Gasteiger partial charge in [0.1, 0.15) is 0 Å². The predicted octanol–water partition coefficient (Wildman–Crippen LogP) is 2.28. The molecule has 0 aliphatic heterocycles. The first-order valence-corrected chi connectivity index (χ1v) is 4.95. The minimum Gasteiger partial charge on any atom is -0.476 e. The molecule has 0 saturated heterocycles. The highest BCUT2D eigenvalue weighted by Crippen LogP contribution is 2.22. The fourth-order valence-electron chi connectivity index (χ4n) is 1.31. The quantitative estimate of drug-likeness (QED) is 0.875. The molecule has 0 bridgehead atoms. The van der Waals surface area contributed by atoms with Crippen molar-refractivity contribution in [1.29, 1.82) is 0 Å². The summed E-state index contributed by atoms with van der Waals surface area (Å²) in [5.74, 6) is -0.605. The molecule has 0 atom stereocenters. The zero-order valence-electron chi connectivity index (χ0n) is 9.12. The van der Waals surface area contributed by atoms with Gasteiger partial charge in [-0.05, 0) is 30.7 Å². The van der Waals surface area contributed by atoms with Gasteiger partial charge in [0.15, 0.2) is 11.4 Å². The van der Waals surface area contributed by atoms with Gasteiger partial charge in [-0.2, -0.15) is 0 Å². The standard InChI is InChI=1S/C12H10N2O3/c1-8-4-6-13-10(7-8)17-9-3-2-5-14-11(9)12(15)16/h2-7H,1H3,(H,15,16). The Morgan fingerprint density at radius 2 is 2.12 bits per heavy atom. The predicted molar refractivity (Wildman–Crippen MR) is 60.2 cm³/mol. The van der Waals surface area contributed by atoms with Gasteiger partial charge in [-0.3, -0.25) is 0 Å². The van der Waals surface area contributed by atoms with Crippen LogP contribution in [0.4, 0.5) is 0 Å². The first-order valence-electron chi connectivity index (χ1n) is 4.95. The number of ether oxygens (including phenoxy) is 1. The lowest BCUT2D eigenvalue weighted by molar-refractivity contribution is 0.0687. The van der Waals surface area contributed by atoms with Crippen LogP contribution in [-0.2, 0) is 0 Å². The van der Waals surface area contributed by atoms with Gasteiger partial charge in [0.25, 0.3) is 0 Å². The van der Waals surface area contributed by atoms with Gasteiger partial charge < -0.3 is 9.84 Å². The number of aryl methyl sites for hydroxylation is 1. The van der Waals surface area contributed by atoms with Crippen LogP contribution in [0.2, 0.25) is 0 Å². The number of rotatable bonds is 3. The second kappa shape index (κ2) is 4.61. The molecule has 2 aromatic rings. The van der Waals surface area contributed by atoms with Crippen LogP contribution >= 0.6 is 0 Å². The van der Waals surface area contributed by atoms with Crippen LogP contribution in [0.1, 0.15) is 16.1 Å². The molecule has 5 nitrogen and oxygen atoms in total. The Bertz CT molecular complexity index is 555. The molecule has 0 aromatic carbocycles. The number of hydrogen-bond acceptors (Lipinski definition) is 4. The molecule has 0 unspecified atom stereocenters. The summed E-state index contributed by atoms with van der Waals surface area (Å²) in [6, 6.07) is 6.70. The van der Waals surface area contributed by atoms with Gasteiger partial charge in [0, 0.05) is 18.5 Å². The molecule has 2 heterocycles. The van der Waals surface area contributed by atoms with Gasteiger partial charge in [-0.25, -0.2) is 14.8 Å². The summed E-state index contributed by atoms with van der Waals surface area (Å²) >= 11 is 0. The number of carboxylic acids is 1. The van der Waals surface area contributed by atoms with E-state index in [1.807, 2.05) is 13.0 Å². The maximum Gasteiger partial charge on any atom is 0.358 e. The summed E-state index contributed by atoms with van der Waals surface area (Å²) in [4.78, 5) is 18.7. The van der Waals surface area contributed by atoms with E-state index in [1.54, 1.807) is 24.4 Å². The van der Waals surface area contributed by atoms with Crippen LogP contribution in [0.15, 0.2) is 36.7 Å². The highest BCUT2D eigenvalue weighted by atomic mass is 16.5. The molecule has 0 aliphatic carbocycles. The Labute approximate surface area is 97.7 Å². The van der Waals surface area contributed by atoms with Crippen LogP contribution in [-0.4, -0.2) is 21.0 Å². The molecule has 5 heteroatoms. The average molecular weight is 230 g/mol. The van der Waals surface area contributed by atoms with Gasteiger partial charge in [0.2, 0.25) is 5.88 Å². The van der Waals surface area contributed by atoms with Crippen molar-refractivity contribution in [3.8, 4) is 11.6 Å². The molecule has 17 heavy (non-hydrogen) atoms. The number of aromatic carboxylic acids is 1. The molecule has 2 rings (SSSR count). The Kier molecular flexibility index (Phi) is 3.00. The number of hydrogen-bond donors (Lipinski definition) is 1. The zero-order valence-corrected chi connectivity index (χ0v) is 9.12. The lowest BCUT2D eigenvalue weighted by Gasteiger charge is -2.06. The number of carboxylic acid groups (broad SMARTS) is 1. The topological polar surface area (TPSA) is 72.3 Å². The molecular formula is C12H10N2O3. The molecule has 1 N–H and O–H groups in total. The zero-order chi connectivity index (χ0) is 12.3. The van der Waals surface area contributed by atoms with E-state index in [4.69, 9.17) is 9.84 Å². The Morgan fingerprint density at radius 3 is 2.82 bits per heavy atom. The highest BCUT2D eigenvalue weighted by Gasteiger charge is 2.13.